The highest BCUT2D eigenvalue weighted by molar-refractivity contribution is 7.99. The Balaban J connectivity index is 2.09. The van der Waals surface area contributed by atoms with Gasteiger partial charge in [0.15, 0.2) is 0 Å². The number of hydrogen-bond acceptors (Lipinski definition) is 4. The van der Waals surface area contributed by atoms with E-state index in [0.717, 1.165) is 29.8 Å². The van der Waals surface area contributed by atoms with E-state index in [1.54, 1.807) is 18.0 Å². The monoisotopic (exact) mass is 198 g/mol. The molecule has 0 spiro atoms. The van der Waals surface area contributed by atoms with Gasteiger partial charge in [0.25, 0.3) is 5.22 Å². The number of oxazole rings is 1. The molecule has 1 N–H and O–H groups in total. The summed E-state index contributed by atoms with van der Waals surface area (Å²) in [5.74, 6) is 0.966. The van der Waals surface area contributed by atoms with Crippen molar-refractivity contribution in [1.82, 2.24) is 10.3 Å². The van der Waals surface area contributed by atoms with Crippen LogP contribution in [-0.4, -0.2) is 23.8 Å². The Bertz CT molecular complexity index is 260. The first-order chi connectivity index (χ1) is 6.33. The van der Waals surface area contributed by atoms with Crippen molar-refractivity contribution in [1.29, 1.82) is 0 Å². The van der Waals surface area contributed by atoms with E-state index in [4.69, 9.17) is 4.42 Å². The lowest BCUT2D eigenvalue weighted by Crippen LogP contribution is -2.16. The van der Waals surface area contributed by atoms with Crippen LogP contribution >= 0.6 is 11.8 Å². The van der Waals surface area contributed by atoms with Crippen molar-refractivity contribution >= 4 is 11.8 Å². The number of nitrogens with zero attached hydrogens (tertiary/aromatic N) is 1. The van der Waals surface area contributed by atoms with Crippen LogP contribution in [0.2, 0.25) is 0 Å². The molecule has 1 aromatic heterocycles. The van der Waals surface area contributed by atoms with Gasteiger partial charge in [0.05, 0.1) is 5.69 Å². The van der Waals surface area contributed by atoms with Crippen molar-refractivity contribution in [3.63, 3.8) is 0 Å². The lowest BCUT2D eigenvalue weighted by Gasteiger charge is -1.97. The highest BCUT2D eigenvalue weighted by Crippen LogP contribution is 2.15. The van der Waals surface area contributed by atoms with Crippen LogP contribution in [0.25, 0.3) is 0 Å². The standard InChI is InChI=1S/C9H14N2OS/c1-3-4-10-5-6-13-9-11-8(2)7-12-9/h3,7,10H,1,4-6H2,2H3. The molecule has 0 unspecified atom stereocenters. The highest BCUT2D eigenvalue weighted by atomic mass is 32.2. The molecule has 1 aromatic rings. The molecule has 0 aromatic carbocycles. The number of nitrogens with one attached hydrogen (secondary N) is 1. The van der Waals surface area contributed by atoms with Gasteiger partial charge in [0.2, 0.25) is 0 Å². The molecule has 72 valence electrons. The molecule has 0 aliphatic carbocycles. The maximum atomic E-state index is 5.17. The average molecular weight is 198 g/mol. The van der Waals surface area contributed by atoms with Crippen molar-refractivity contribution in [3.8, 4) is 0 Å². The summed E-state index contributed by atoms with van der Waals surface area (Å²) in [6.07, 6.45) is 3.51. The van der Waals surface area contributed by atoms with Crippen molar-refractivity contribution in [2.75, 3.05) is 18.8 Å². The Kier molecular flexibility index (Phi) is 4.64. The number of rotatable bonds is 6. The van der Waals surface area contributed by atoms with Crippen molar-refractivity contribution in [3.05, 3.63) is 24.6 Å². The van der Waals surface area contributed by atoms with Gasteiger partial charge in [-0.15, -0.1) is 6.58 Å². The molecule has 13 heavy (non-hydrogen) atoms. The molecule has 1 heterocycles. The lowest BCUT2D eigenvalue weighted by atomic mass is 10.6. The van der Waals surface area contributed by atoms with Crippen molar-refractivity contribution < 1.29 is 4.42 Å². The minimum atomic E-state index is 0.748. The summed E-state index contributed by atoms with van der Waals surface area (Å²) >= 11 is 1.62. The van der Waals surface area contributed by atoms with Crippen molar-refractivity contribution in [2.24, 2.45) is 0 Å². The van der Waals surface area contributed by atoms with Gasteiger partial charge >= 0.3 is 0 Å². The second-order valence-electron chi connectivity index (χ2n) is 2.60. The van der Waals surface area contributed by atoms with Gasteiger partial charge < -0.3 is 9.73 Å². The number of aromatic nitrogens is 1. The van der Waals surface area contributed by atoms with Crippen LogP contribution in [0.4, 0.5) is 0 Å². The zero-order valence-corrected chi connectivity index (χ0v) is 8.56. The molecule has 0 fully saturated rings. The topological polar surface area (TPSA) is 38.1 Å². The van der Waals surface area contributed by atoms with Crippen LogP contribution in [0.3, 0.4) is 0 Å². The molecule has 0 saturated carbocycles. The summed E-state index contributed by atoms with van der Waals surface area (Å²) < 4.78 is 5.17. The van der Waals surface area contributed by atoms with E-state index < -0.39 is 0 Å². The highest BCUT2D eigenvalue weighted by Gasteiger charge is 1.99. The molecule has 0 radical (unpaired) electrons. The van der Waals surface area contributed by atoms with E-state index in [-0.39, 0.29) is 0 Å². The Morgan fingerprint density at radius 2 is 2.62 bits per heavy atom. The van der Waals surface area contributed by atoms with Crippen molar-refractivity contribution in [2.45, 2.75) is 12.1 Å². The summed E-state index contributed by atoms with van der Waals surface area (Å²) in [7, 11) is 0. The van der Waals surface area contributed by atoms with Gasteiger partial charge in [-0.25, -0.2) is 4.98 Å². The predicted octanol–water partition coefficient (Wildman–Crippen LogP) is 1.85. The quantitative estimate of drug-likeness (QED) is 0.430. The summed E-state index contributed by atoms with van der Waals surface area (Å²) in [5, 5.41) is 3.95. The predicted molar refractivity (Wildman–Crippen MR) is 55.0 cm³/mol. The smallest absolute Gasteiger partial charge is 0.255 e. The summed E-state index contributed by atoms with van der Waals surface area (Å²) in [6, 6.07) is 0. The number of hydrogen-bond donors (Lipinski definition) is 1. The van der Waals surface area contributed by atoms with Gasteiger partial charge in [0.1, 0.15) is 6.26 Å². The Morgan fingerprint density at radius 3 is 3.23 bits per heavy atom. The normalized spacial score (nSPS) is 10.2. The molecular weight excluding hydrogens is 184 g/mol. The third-order valence-electron chi connectivity index (χ3n) is 1.39. The fraction of sp³-hybridized carbons (Fsp3) is 0.444. The fourth-order valence-electron chi connectivity index (χ4n) is 0.813. The molecule has 0 aliphatic heterocycles. The molecular formula is C9H14N2OS. The molecule has 3 nitrogen and oxygen atoms in total. The van der Waals surface area contributed by atoms with Crippen LogP contribution in [0.1, 0.15) is 5.69 Å². The maximum absolute atomic E-state index is 5.17. The third kappa shape index (κ3) is 4.15. The van der Waals surface area contributed by atoms with Crippen LogP contribution < -0.4 is 5.32 Å². The molecule has 0 atom stereocenters. The molecule has 0 saturated heterocycles. The zero-order chi connectivity index (χ0) is 9.52. The molecule has 1 rings (SSSR count). The van der Waals surface area contributed by atoms with Gasteiger partial charge in [-0.2, -0.15) is 0 Å². The molecule has 0 amide bonds. The first-order valence-corrected chi connectivity index (χ1v) is 5.18. The Labute approximate surface area is 82.6 Å². The van der Waals surface area contributed by atoms with Crippen LogP contribution in [0.5, 0.6) is 0 Å². The Morgan fingerprint density at radius 1 is 1.77 bits per heavy atom. The number of thioether (sulfide) groups is 1. The van der Waals surface area contributed by atoms with Gasteiger partial charge in [-0.1, -0.05) is 17.8 Å². The Hall–Kier alpha value is -0.740. The summed E-state index contributed by atoms with van der Waals surface area (Å²) in [4.78, 5) is 4.18. The minimum absolute atomic E-state index is 0.748. The summed E-state index contributed by atoms with van der Waals surface area (Å²) in [5.41, 5.74) is 0.932. The lowest BCUT2D eigenvalue weighted by molar-refractivity contribution is 0.454. The molecule has 0 aliphatic rings. The minimum Gasteiger partial charge on any atom is -0.440 e. The second kappa shape index (κ2) is 5.83. The largest absolute Gasteiger partial charge is 0.440 e. The molecule has 4 heteroatoms. The zero-order valence-electron chi connectivity index (χ0n) is 7.75. The second-order valence-corrected chi connectivity index (χ2v) is 3.64. The number of aryl methyl sites for hydroxylation is 1. The van der Waals surface area contributed by atoms with E-state index in [0.29, 0.717) is 0 Å². The van der Waals surface area contributed by atoms with E-state index in [1.807, 2.05) is 13.0 Å². The first-order valence-electron chi connectivity index (χ1n) is 4.19. The molecule has 0 bridgehead atoms. The maximum Gasteiger partial charge on any atom is 0.255 e. The van der Waals surface area contributed by atoms with E-state index in [2.05, 4.69) is 16.9 Å². The van der Waals surface area contributed by atoms with E-state index in [9.17, 15) is 0 Å². The average Bonchev–Trinajstić information content (AvgIpc) is 2.51. The first kappa shape index (κ1) is 10.3. The SMILES string of the molecule is C=CCNCCSc1nc(C)co1. The van der Waals surface area contributed by atoms with Gasteiger partial charge in [0, 0.05) is 18.8 Å². The fourth-order valence-corrected chi connectivity index (χ4v) is 1.56. The van der Waals surface area contributed by atoms with Crippen LogP contribution in [-0.2, 0) is 0 Å². The van der Waals surface area contributed by atoms with Crippen LogP contribution in [0, 0.1) is 6.92 Å². The third-order valence-corrected chi connectivity index (χ3v) is 2.23. The van der Waals surface area contributed by atoms with Gasteiger partial charge in [-0.05, 0) is 6.92 Å². The van der Waals surface area contributed by atoms with E-state index >= 15 is 0 Å². The summed E-state index contributed by atoms with van der Waals surface area (Å²) in [6.45, 7) is 7.33. The van der Waals surface area contributed by atoms with Crippen LogP contribution in [0.15, 0.2) is 28.6 Å². The van der Waals surface area contributed by atoms with E-state index in [1.165, 1.54) is 0 Å². The van der Waals surface area contributed by atoms with Gasteiger partial charge in [-0.3, -0.25) is 0 Å².